The van der Waals surface area contributed by atoms with Gasteiger partial charge >= 0.3 is 0 Å². The Morgan fingerprint density at radius 3 is 1.27 bits per heavy atom. The van der Waals surface area contributed by atoms with Crippen molar-refractivity contribution in [2.24, 2.45) is 11.8 Å². The lowest BCUT2D eigenvalue weighted by atomic mass is 10.0. The second kappa shape index (κ2) is 21.6. The number of nitrogens with two attached hydrogens (primary N) is 2. The molecular formula is C59H60ClN9O6S2. The maximum Gasteiger partial charge on any atom is 0.273 e. The predicted octanol–water partition coefficient (Wildman–Crippen LogP) is 11.0. The Kier molecular flexibility index (Phi) is 14.9. The van der Waals surface area contributed by atoms with E-state index in [1.807, 2.05) is 74.5 Å². The van der Waals surface area contributed by atoms with Crippen LogP contribution in [0, 0.1) is 11.8 Å². The normalized spacial score (nSPS) is 19.1. The fourth-order valence-corrected chi connectivity index (χ4v) is 14.5. The van der Waals surface area contributed by atoms with Gasteiger partial charge in [0.2, 0.25) is 21.9 Å². The number of fused-ring (bicyclic) bond motifs is 4. The molecule has 0 bridgehead atoms. The first-order valence-electron chi connectivity index (χ1n) is 25.9. The minimum atomic E-state index is -3.97. The van der Waals surface area contributed by atoms with Gasteiger partial charge in [0, 0.05) is 70.8 Å². The standard InChI is InChI=1S/C29H29N5O3S.C23H17ClN4O3S.C7H14/c1-18-11-12-19(2)34(18)38(36,37)26-10-6-5-9-23(26)20-13-14-25-24(15-20)27(32-29(30)31-25)28(35)33-16-21-7-3-4-8-22(21)17-33;24-32(30,31)20-8-4-3-7-17(20)14-9-10-19-18(11-14)21(27-23(25)26-19)22(29)28-12-15-5-1-2-6-16(15)13-28;1-6-3-4-7(2)5-6/h3-10,13-15,18-19H,11-12,16-17H2,1-2H3,(H2,30,31,32);1-11H,12-13H2,(H2,25,26,27);6-7H,3-5H2,1-2H3. The van der Waals surface area contributed by atoms with Crippen LogP contribution in [0.3, 0.4) is 0 Å². The first-order valence-corrected chi connectivity index (χ1v) is 29.6. The predicted molar refractivity (Wildman–Crippen MR) is 301 cm³/mol. The van der Waals surface area contributed by atoms with E-state index in [0.29, 0.717) is 70.2 Å². The van der Waals surface area contributed by atoms with Crippen LogP contribution in [-0.4, -0.2) is 74.8 Å². The third-order valence-corrected chi connectivity index (χ3v) is 18.7. The molecule has 77 heavy (non-hydrogen) atoms. The van der Waals surface area contributed by atoms with Gasteiger partial charge in [-0.2, -0.15) is 4.31 Å². The Hall–Kier alpha value is -7.31. The van der Waals surface area contributed by atoms with Gasteiger partial charge in [0.25, 0.3) is 20.9 Å². The monoisotopic (exact) mass is 1090 g/mol. The summed E-state index contributed by atoms with van der Waals surface area (Å²) in [6, 6.07) is 39.7. The number of carbonyl (C=O) groups is 2. The lowest BCUT2D eigenvalue weighted by molar-refractivity contribution is 0.0741. The van der Waals surface area contributed by atoms with Crippen LogP contribution in [0.1, 0.15) is 103 Å². The van der Waals surface area contributed by atoms with E-state index < -0.39 is 19.1 Å². The van der Waals surface area contributed by atoms with Gasteiger partial charge in [-0.1, -0.05) is 124 Å². The van der Waals surface area contributed by atoms with Gasteiger partial charge in [-0.25, -0.2) is 36.8 Å². The first kappa shape index (κ1) is 53.1. The summed E-state index contributed by atoms with van der Waals surface area (Å²) in [5.41, 5.74) is 19.9. The number of rotatable bonds is 7. The van der Waals surface area contributed by atoms with E-state index in [2.05, 4.69) is 33.8 Å². The van der Waals surface area contributed by atoms with E-state index in [1.165, 1.54) is 25.3 Å². The summed E-state index contributed by atoms with van der Waals surface area (Å²) in [5, 5.41) is 1.02. The number of amides is 2. The largest absolute Gasteiger partial charge is 0.368 e. The molecule has 4 N–H and O–H groups in total. The number of halogens is 1. The van der Waals surface area contributed by atoms with Gasteiger partial charge in [-0.05, 0) is 115 Å². The molecule has 5 heterocycles. The summed E-state index contributed by atoms with van der Waals surface area (Å²) in [6.45, 7) is 10.6. The Bertz CT molecular complexity index is 3770. The average Bonchev–Trinajstić information content (AvgIpc) is 4.24. The lowest BCUT2D eigenvalue weighted by Gasteiger charge is -2.26. The zero-order chi connectivity index (χ0) is 54.3. The molecule has 4 atom stereocenters. The smallest absolute Gasteiger partial charge is 0.273 e. The van der Waals surface area contributed by atoms with Crippen molar-refractivity contribution < 1.29 is 26.4 Å². The molecule has 4 unspecified atom stereocenters. The van der Waals surface area contributed by atoms with E-state index in [-0.39, 0.29) is 57.0 Å². The molecule has 1 aliphatic carbocycles. The van der Waals surface area contributed by atoms with Crippen molar-refractivity contribution in [3.63, 3.8) is 0 Å². The van der Waals surface area contributed by atoms with Gasteiger partial charge < -0.3 is 21.3 Å². The van der Waals surface area contributed by atoms with E-state index in [9.17, 15) is 26.4 Å². The molecule has 0 spiro atoms. The highest BCUT2D eigenvalue weighted by molar-refractivity contribution is 8.13. The molecule has 396 valence electrons. The number of carbonyl (C=O) groups excluding carboxylic acids is 2. The Labute approximate surface area is 453 Å². The van der Waals surface area contributed by atoms with Crippen molar-refractivity contribution in [2.75, 3.05) is 11.5 Å². The highest BCUT2D eigenvalue weighted by Gasteiger charge is 2.39. The van der Waals surface area contributed by atoms with Crippen molar-refractivity contribution in [3.05, 3.63) is 167 Å². The van der Waals surface area contributed by atoms with Crippen LogP contribution in [0.5, 0.6) is 0 Å². The molecule has 3 aliphatic heterocycles. The summed E-state index contributed by atoms with van der Waals surface area (Å²) in [4.78, 5) is 48.0. The average molecular weight is 1090 g/mol. The molecule has 6 aromatic carbocycles. The second-order valence-corrected chi connectivity index (χ2v) is 25.1. The Morgan fingerprint density at radius 2 is 0.883 bits per heavy atom. The first-order chi connectivity index (χ1) is 36.8. The second-order valence-electron chi connectivity index (χ2n) is 20.7. The number of sulfonamides is 1. The molecule has 2 amide bonds. The maximum absolute atomic E-state index is 13.8. The zero-order valence-electron chi connectivity index (χ0n) is 43.3. The zero-order valence-corrected chi connectivity index (χ0v) is 45.7. The molecule has 18 heteroatoms. The van der Waals surface area contributed by atoms with Gasteiger partial charge in [0.15, 0.2) is 0 Å². The van der Waals surface area contributed by atoms with Crippen LogP contribution in [0.15, 0.2) is 143 Å². The highest BCUT2D eigenvalue weighted by atomic mass is 35.7. The number of nitrogen functional groups attached to an aromatic ring is 2. The van der Waals surface area contributed by atoms with Crippen LogP contribution in [0.2, 0.25) is 0 Å². The molecule has 1 saturated heterocycles. The number of anilines is 2. The maximum atomic E-state index is 13.8. The number of nitrogens with zero attached hydrogens (tertiary/aromatic N) is 7. The fraction of sp³-hybridized carbons (Fsp3) is 0.288. The highest BCUT2D eigenvalue weighted by Crippen LogP contribution is 2.38. The van der Waals surface area contributed by atoms with E-state index in [4.69, 9.17) is 22.1 Å². The molecule has 8 aromatic rings. The molecule has 15 nitrogen and oxygen atoms in total. The van der Waals surface area contributed by atoms with Crippen LogP contribution < -0.4 is 11.5 Å². The fourth-order valence-electron chi connectivity index (χ4n) is 11.3. The van der Waals surface area contributed by atoms with Crippen molar-refractivity contribution in [1.29, 1.82) is 0 Å². The molecule has 4 aliphatic rings. The lowest BCUT2D eigenvalue weighted by Crippen LogP contribution is -2.38. The molecule has 0 radical (unpaired) electrons. The van der Waals surface area contributed by atoms with E-state index in [0.717, 1.165) is 46.9 Å². The topological polar surface area (TPSA) is 216 Å². The van der Waals surface area contributed by atoms with Gasteiger partial charge in [-0.3, -0.25) is 9.59 Å². The summed E-state index contributed by atoms with van der Waals surface area (Å²) < 4.78 is 53.4. The van der Waals surface area contributed by atoms with E-state index in [1.54, 1.807) is 80.8 Å². The SMILES string of the molecule is CC1CCC(C)C1.CC1CCC(C)N1S(=O)(=O)c1ccccc1-c1ccc2nc(N)nc(C(=O)N3Cc4ccccc4C3)c2c1.Nc1nc(C(=O)N2Cc3ccccc3C2)c2cc(-c3ccccc3S(=O)(=O)Cl)ccc2n1. The van der Waals surface area contributed by atoms with Gasteiger partial charge in [0.05, 0.1) is 20.8 Å². The molecule has 2 fully saturated rings. The minimum absolute atomic E-state index is 0.00551. The van der Waals surface area contributed by atoms with Crippen molar-refractivity contribution >= 4 is 75.3 Å². The quantitative estimate of drug-likeness (QED) is 0.143. The van der Waals surface area contributed by atoms with Crippen LogP contribution in [0.25, 0.3) is 44.1 Å². The minimum Gasteiger partial charge on any atom is -0.368 e. The number of hydrogen-bond donors (Lipinski definition) is 2. The summed E-state index contributed by atoms with van der Waals surface area (Å²) in [6.07, 6.45) is 6.09. The third-order valence-electron chi connectivity index (χ3n) is 15.1. The summed E-state index contributed by atoms with van der Waals surface area (Å²) in [5.74, 6) is 1.55. The van der Waals surface area contributed by atoms with Crippen molar-refractivity contribution in [2.45, 2.75) is 108 Å². The van der Waals surface area contributed by atoms with Crippen LogP contribution in [0.4, 0.5) is 11.9 Å². The summed E-state index contributed by atoms with van der Waals surface area (Å²) in [7, 11) is -2.07. The van der Waals surface area contributed by atoms with Crippen molar-refractivity contribution in [1.82, 2.24) is 34.0 Å². The molecule has 1 saturated carbocycles. The van der Waals surface area contributed by atoms with Crippen molar-refractivity contribution in [3.8, 4) is 22.3 Å². The number of aromatic nitrogens is 4. The molecule has 2 aromatic heterocycles. The summed E-state index contributed by atoms with van der Waals surface area (Å²) >= 11 is 0. The molecular weight excluding hydrogens is 1030 g/mol. The van der Waals surface area contributed by atoms with Gasteiger partial charge in [-0.15, -0.1) is 0 Å². The number of hydrogen-bond acceptors (Lipinski definition) is 12. The Balaban J connectivity index is 0.000000157. The third kappa shape index (κ3) is 11.0. The van der Waals surface area contributed by atoms with Gasteiger partial charge in [0.1, 0.15) is 11.4 Å². The van der Waals surface area contributed by atoms with E-state index >= 15 is 0 Å². The Morgan fingerprint density at radius 1 is 0.506 bits per heavy atom. The van der Waals surface area contributed by atoms with Crippen LogP contribution in [-0.2, 0) is 45.3 Å². The number of benzene rings is 6. The molecule has 12 rings (SSSR count). The van der Waals surface area contributed by atoms with Crippen LogP contribution >= 0.6 is 10.7 Å².